The standard InChI is InChI=1S/C18H39N.C9H8O/c1-2-3-4-5-6-7-8-9-10-11-12-13-14-15-16-17-18-19;10-8-4-7-9-5-2-1-3-6-9/h2-19H2,1H3;1-8H/b;7-4+. The van der Waals surface area contributed by atoms with E-state index < -0.39 is 0 Å². The second-order valence-electron chi connectivity index (χ2n) is 8.00. The maximum atomic E-state index is 9.89. The van der Waals surface area contributed by atoms with Crippen LogP contribution in [0.25, 0.3) is 6.08 Å². The third-order valence-corrected chi connectivity index (χ3v) is 5.22. The highest BCUT2D eigenvalue weighted by atomic mass is 16.1. The van der Waals surface area contributed by atoms with Gasteiger partial charge in [0, 0.05) is 0 Å². The van der Waals surface area contributed by atoms with Gasteiger partial charge in [-0.1, -0.05) is 140 Å². The number of carbonyl (C=O) groups is 1. The molecule has 0 aliphatic heterocycles. The molecule has 0 fully saturated rings. The molecule has 0 amide bonds. The lowest BCUT2D eigenvalue weighted by Gasteiger charge is -2.03. The van der Waals surface area contributed by atoms with Crippen molar-refractivity contribution >= 4 is 12.4 Å². The van der Waals surface area contributed by atoms with Crippen molar-refractivity contribution in [1.29, 1.82) is 0 Å². The van der Waals surface area contributed by atoms with Crippen molar-refractivity contribution in [3.05, 3.63) is 42.0 Å². The molecular formula is C27H47NO. The molecule has 0 aliphatic rings. The van der Waals surface area contributed by atoms with Crippen LogP contribution in [0.3, 0.4) is 0 Å². The van der Waals surface area contributed by atoms with Gasteiger partial charge in [0.05, 0.1) is 0 Å². The van der Waals surface area contributed by atoms with E-state index in [9.17, 15) is 4.79 Å². The molecule has 0 radical (unpaired) electrons. The van der Waals surface area contributed by atoms with Crippen LogP contribution in [0.1, 0.15) is 115 Å². The Morgan fingerprint density at radius 2 is 1.07 bits per heavy atom. The topological polar surface area (TPSA) is 43.1 Å². The molecular weight excluding hydrogens is 354 g/mol. The van der Waals surface area contributed by atoms with E-state index in [1.54, 1.807) is 6.08 Å². The molecule has 2 N–H and O–H groups in total. The summed E-state index contributed by atoms with van der Waals surface area (Å²) in [5, 5.41) is 0. The van der Waals surface area contributed by atoms with Crippen molar-refractivity contribution in [2.45, 2.75) is 110 Å². The largest absolute Gasteiger partial charge is 0.330 e. The number of allylic oxidation sites excluding steroid dienone is 1. The highest BCUT2D eigenvalue weighted by Crippen LogP contribution is 2.13. The first-order chi connectivity index (χ1) is 14.3. The van der Waals surface area contributed by atoms with Gasteiger partial charge in [-0.15, -0.1) is 0 Å². The molecule has 0 heterocycles. The highest BCUT2D eigenvalue weighted by Gasteiger charge is 1.94. The fraction of sp³-hybridized carbons (Fsp3) is 0.667. The summed E-state index contributed by atoms with van der Waals surface area (Å²) in [4.78, 5) is 9.89. The predicted octanol–water partition coefficient (Wildman–Crippen LogP) is 8.11. The second-order valence-corrected chi connectivity index (χ2v) is 8.00. The summed E-state index contributed by atoms with van der Waals surface area (Å²) in [6, 6.07) is 9.70. The minimum absolute atomic E-state index is 0.771. The lowest BCUT2D eigenvalue weighted by molar-refractivity contribution is -0.104. The van der Waals surface area contributed by atoms with Crippen molar-refractivity contribution in [3.63, 3.8) is 0 Å². The molecule has 2 nitrogen and oxygen atoms in total. The van der Waals surface area contributed by atoms with Crippen LogP contribution in [0.4, 0.5) is 0 Å². The lowest BCUT2D eigenvalue weighted by Crippen LogP contribution is -1.97. The van der Waals surface area contributed by atoms with E-state index >= 15 is 0 Å². The summed E-state index contributed by atoms with van der Waals surface area (Å²) in [5.41, 5.74) is 6.53. The summed E-state index contributed by atoms with van der Waals surface area (Å²) in [5.74, 6) is 0. The van der Waals surface area contributed by atoms with Crippen LogP contribution in [-0.2, 0) is 4.79 Å². The van der Waals surface area contributed by atoms with E-state index in [1.165, 1.54) is 109 Å². The smallest absolute Gasteiger partial charge is 0.142 e. The van der Waals surface area contributed by atoms with E-state index in [0.29, 0.717) is 0 Å². The van der Waals surface area contributed by atoms with Gasteiger partial charge >= 0.3 is 0 Å². The maximum absolute atomic E-state index is 9.89. The maximum Gasteiger partial charge on any atom is 0.142 e. The number of benzene rings is 1. The summed E-state index contributed by atoms with van der Waals surface area (Å²) < 4.78 is 0. The Kier molecular flexibility index (Phi) is 23.4. The van der Waals surface area contributed by atoms with Crippen molar-refractivity contribution in [1.82, 2.24) is 0 Å². The Hall–Kier alpha value is -1.41. The Labute approximate surface area is 181 Å². The molecule has 0 aliphatic carbocycles. The lowest BCUT2D eigenvalue weighted by atomic mass is 10.0. The Balaban J connectivity index is 0.000000651. The van der Waals surface area contributed by atoms with Crippen LogP contribution >= 0.6 is 0 Å². The van der Waals surface area contributed by atoms with Crippen LogP contribution < -0.4 is 5.73 Å². The number of unbranched alkanes of at least 4 members (excludes halogenated alkanes) is 15. The molecule has 0 aromatic heterocycles. The number of carbonyl (C=O) groups excluding carboxylic acids is 1. The van der Waals surface area contributed by atoms with Gasteiger partial charge in [-0.3, -0.25) is 4.79 Å². The van der Waals surface area contributed by atoms with Crippen molar-refractivity contribution < 1.29 is 4.79 Å². The van der Waals surface area contributed by atoms with Gasteiger partial charge in [0.25, 0.3) is 0 Å². The molecule has 166 valence electrons. The Morgan fingerprint density at radius 1 is 0.655 bits per heavy atom. The van der Waals surface area contributed by atoms with Crippen LogP contribution in [0.15, 0.2) is 36.4 Å². The van der Waals surface area contributed by atoms with E-state index in [4.69, 9.17) is 5.73 Å². The van der Waals surface area contributed by atoms with E-state index in [0.717, 1.165) is 18.4 Å². The summed E-state index contributed by atoms with van der Waals surface area (Å²) >= 11 is 0. The SMILES string of the molecule is CCCCCCCCCCCCCCCCCCN.O=C/C=C/c1ccccc1. The van der Waals surface area contributed by atoms with Crippen LogP contribution in [0.2, 0.25) is 0 Å². The van der Waals surface area contributed by atoms with Gasteiger partial charge in [0.1, 0.15) is 6.29 Å². The Morgan fingerprint density at radius 3 is 1.45 bits per heavy atom. The van der Waals surface area contributed by atoms with Gasteiger partial charge in [-0.2, -0.15) is 0 Å². The average Bonchev–Trinajstić information content (AvgIpc) is 2.76. The molecule has 2 heteroatoms. The number of nitrogens with two attached hydrogens (primary N) is 1. The number of hydrogen-bond donors (Lipinski definition) is 1. The Bertz CT molecular complexity index is 439. The second kappa shape index (κ2) is 24.6. The first-order valence-electron chi connectivity index (χ1n) is 12.2. The first-order valence-corrected chi connectivity index (χ1v) is 12.2. The van der Waals surface area contributed by atoms with Crippen LogP contribution in [0, 0.1) is 0 Å². The number of aldehydes is 1. The van der Waals surface area contributed by atoms with Gasteiger partial charge in [0.2, 0.25) is 0 Å². The van der Waals surface area contributed by atoms with Gasteiger partial charge in [0.15, 0.2) is 0 Å². The average molecular weight is 402 g/mol. The minimum Gasteiger partial charge on any atom is -0.330 e. The highest BCUT2D eigenvalue weighted by molar-refractivity contribution is 5.73. The fourth-order valence-corrected chi connectivity index (χ4v) is 3.41. The molecule has 0 saturated heterocycles. The van der Waals surface area contributed by atoms with E-state index in [-0.39, 0.29) is 0 Å². The molecule has 0 atom stereocenters. The first kappa shape index (κ1) is 27.6. The molecule has 0 saturated carbocycles. The van der Waals surface area contributed by atoms with Gasteiger partial charge < -0.3 is 5.73 Å². The molecule has 1 aromatic rings. The summed E-state index contributed by atoms with van der Waals surface area (Å²) in [7, 11) is 0. The van der Waals surface area contributed by atoms with Crippen molar-refractivity contribution in [2.24, 2.45) is 5.73 Å². The van der Waals surface area contributed by atoms with E-state index in [2.05, 4.69) is 6.92 Å². The van der Waals surface area contributed by atoms with Crippen LogP contribution in [-0.4, -0.2) is 12.8 Å². The minimum atomic E-state index is 0.771. The van der Waals surface area contributed by atoms with Crippen molar-refractivity contribution in [2.75, 3.05) is 6.54 Å². The third kappa shape index (κ3) is 22.7. The number of hydrogen-bond acceptors (Lipinski definition) is 2. The van der Waals surface area contributed by atoms with Gasteiger partial charge in [-0.25, -0.2) is 0 Å². The fourth-order valence-electron chi connectivity index (χ4n) is 3.41. The van der Waals surface area contributed by atoms with Crippen molar-refractivity contribution in [3.8, 4) is 0 Å². The van der Waals surface area contributed by atoms with Gasteiger partial charge in [-0.05, 0) is 24.6 Å². The molecule has 0 unspecified atom stereocenters. The molecule has 1 rings (SSSR count). The number of rotatable bonds is 18. The predicted molar refractivity (Wildman–Crippen MR) is 130 cm³/mol. The zero-order chi connectivity index (χ0) is 21.3. The summed E-state index contributed by atoms with van der Waals surface area (Å²) in [6.45, 7) is 3.16. The third-order valence-electron chi connectivity index (χ3n) is 5.22. The molecule has 0 bridgehead atoms. The molecule has 1 aromatic carbocycles. The van der Waals surface area contributed by atoms with E-state index in [1.807, 2.05) is 30.3 Å². The normalized spacial score (nSPS) is 10.7. The summed E-state index contributed by atoms with van der Waals surface area (Å²) in [6.07, 6.45) is 26.9. The zero-order valence-corrected chi connectivity index (χ0v) is 19.1. The molecule has 0 spiro atoms. The molecule has 29 heavy (non-hydrogen) atoms. The monoisotopic (exact) mass is 401 g/mol. The quantitative estimate of drug-likeness (QED) is 0.153. The zero-order valence-electron chi connectivity index (χ0n) is 19.1. The van der Waals surface area contributed by atoms with Crippen LogP contribution in [0.5, 0.6) is 0 Å².